The van der Waals surface area contributed by atoms with Crippen molar-refractivity contribution in [3.63, 3.8) is 0 Å². The molecular formula is C20H19FN4O3. The van der Waals surface area contributed by atoms with E-state index in [4.69, 9.17) is 15.2 Å². The highest BCUT2D eigenvalue weighted by atomic mass is 19.1. The average molecular weight is 382 g/mol. The average Bonchev–Trinajstić information content (AvgIpc) is 2.68. The number of nitrogens with one attached hydrogen (secondary N) is 1. The molecule has 0 spiro atoms. The normalized spacial score (nSPS) is 10.4. The first kappa shape index (κ1) is 19.1. The SMILES string of the molecule is CCOc1cc(F)ccc1-c1cc(Nc2ccc(OC)c(C(N)=O)c2)ncn1. The van der Waals surface area contributed by atoms with Crippen LogP contribution in [0.4, 0.5) is 15.9 Å². The second-order valence-electron chi connectivity index (χ2n) is 5.77. The Morgan fingerprint density at radius 2 is 1.96 bits per heavy atom. The molecule has 0 bridgehead atoms. The van der Waals surface area contributed by atoms with Crippen molar-refractivity contribution in [2.24, 2.45) is 5.73 Å². The summed E-state index contributed by atoms with van der Waals surface area (Å²) in [5.41, 5.74) is 7.44. The molecule has 8 heteroatoms. The summed E-state index contributed by atoms with van der Waals surface area (Å²) in [6.45, 7) is 2.22. The van der Waals surface area contributed by atoms with Gasteiger partial charge in [0.05, 0.1) is 25.0 Å². The number of ether oxygens (including phenoxy) is 2. The van der Waals surface area contributed by atoms with Crippen molar-refractivity contribution in [1.29, 1.82) is 0 Å². The van der Waals surface area contributed by atoms with Crippen LogP contribution < -0.4 is 20.5 Å². The lowest BCUT2D eigenvalue weighted by Gasteiger charge is -2.12. The number of carbonyl (C=O) groups excluding carboxylic acids is 1. The van der Waals surface area contributed by atoms with E-state index in [-0.39, 0.29) is 5.56 Å². The third-order valence-corrected chi connectivity index (χ3v) is 3.92. The summed E-state index contributed by atoms with van der Waals surface area (Å²) in [7, 11) is 1.46. The van der Waals surface area contributed by atoms with Gasteiger partial charge in [-0.2, -0.15) is 0 Å². The summed E-state index contributed by atoms with van der Waals surface area (Å²) in [6.07, 6.45) is 1.38. The topological polar surface area (TPSA) is 99.4 Å². The number of hydrogen-bond donors (Lipinski definition) is 2. The molecule has 28 heavy (non-hydrogen) atoms. The molecule has 0 saturated heterocycles. The lowest BCUT2D eigenvalue weighted by molar-refractivity contribution is 0.0997. The van der Waals surface area contributed by atoms with E-state index < -0.39 is 11.7 Å². The van der Waals surface area contributed by atoms with Crippen LogP contribution in [0.5, 0.6) is 11.5 Å². The Morgan fingerprint density at radius 1 is 1.14 bits per heavy atom. The molecular weight excluding hydrogens is 363 g/mol. The predicted molar refractivity (Wildman–Crippen MR) is 103 cm³/mol. The largest absolute Gasteiger partial charge is 0.496 e. The summed E-state index contributed by atoms with van der Waals surface area (Å²) in [4.78, 5) is 20.0. The number of amides is 1. The van der Waals surface area contributed by atoms with Crippen LogP contribution in [0.1, 0.15) is 17.3 Å². The standard InChI is InChI=1S/C20H19FN4O3/c1-3-28-18-8-12(21)4-6-14(18)16-10-19(24-11-23-16)25-13-5-7-17(27-2)15(9-13)20(22)26/h4-11H,3H2,1-2H3,(H2,22,26)(H,23,24,25). The fraction of sp³-hybridized carbons (Fsp3) is 0.150. The molecule has 1 aromatic heterocycles. The molecule has 1 heterocycles. The summed E-state index contributed by atoms with van der Waals surface area (Å²) in [5.74, 6) is 0.271. The monoisotopic (exact) mass is 382 g/mol. The number of carbonyl (C=O) groups is 1. The molecule has 144 valence electrons. The number of rotatable bonds is 7. The molecule has 3 rings (SSSR count). The Balaban J connectivity index is 1.93. The number of nitrogens with two attached hydrogens (primary N) is 1. The highest BCUT2D eigenvalue weighted by molar-refractivity contribution is 5.96. The molecule has 7 nitrogen and oxygen atoms in total. The summed E-state index contributed by atoms with van der Waals surface area (Å²) < 4.78 is 24.2. The smallest absolute Gasteiger partial charge is 0.252 e. The number of benzene rings is 2. The lowest BCUT2D eigenvalue weighted by atomic mass is 10.1. The second kappa shape index (κ2) is 8.34. The fourth-order valence-corrected chi connectivity index (χ4v) is 2.68. The number of aromatic nitrogens is 2. The maximum atomic E-state index is 13.5. The first-order valence-corrected chi connectivity index (χ1v) is 8.51. The van der Waals surface area contributed by atoms with Gasteiger partial charge >= 0.3 is 0 Å². The van der Waals surface area contributed by atoms with Crippen LogP contribution in [-0.2, 0) is 0 Å². The van der Waals surface area contributed by atoms with Gasteiger partial charge in [-0.1, -0.05) is 0 Å². The van der Waals surface area contributed by atoms with Crippen LogP contribution in [0.15, 0.2) is 48.8 Å². The number of methoxy groups -OCH3 is 1. The van der Waals surface area contributed by atoms with Crippen molar-refractivity contribution in [3.8, 4) is 22.8 Å². The van der Waals surface area contributed by atoms with Gasteiger partial charge in [0.15, 0.2) is 0 Å². The number of hydrogen-bond acceptors (Lipinski definition) is 6. The Morgan fingerprint density at radius 3 is 2.68 bits per heavy atom. The Kier molecular flexibility index (Phi) is 5.69. The van der Waals surface area contributed by atoms with Gasteiger partial charge in [0, 0.05) is 23.4 Å². The highest BCUT2D eigenvalue weighted by Gasteiger charge is 2.12. The Labute approximate surface area is 161 Å². The van der Waals surface area contributed by atoms with Gasteiger partial charge in [-0.3, -0.25) is 4.79 Å². The molecule has 1 amide bonds. The molecule has 3 N–H and O–H groups in total. The third-order valence-electron chi connectivity index (χ3n) is 3.92. The molecule has 2 aromatic carbocycles. The third kappa shape index (κ3) is 4.17. The number of halogens is 1. The Bertz CT molecular complexity index is 1010. The minimum absolute atomic E-state index is 0.249. The van der Waals surface area contributed by atoms with Gasteiger partial charge in [-0.25, -0.2) is 14.4 Å². The maximum absolute atomic E-state index is 13.5. The zero-order valence-corrected chi connectivity index (χ0v) is 15.4. The fourth-order valence-electron chi connectivity index (χ4n) is 2.68. The lowest BCUT2D eigenvalue weighted by Crippen LogP contribution is -2.12. The van der Waals surface area contributed by atoms with Crippen molar-refractivity contribution < 1.29 is 18.7 Å². The summed E-state index contributed by atoms with van der Waals surface area (Å²) >= 11 is 0. The number of nitrogens with zero attached hydrogens (tertiary/aromatic N) is 2. The van der Waals surface area contributed by atoms with Crippen LogP contribution in [0, 0.1) is 5.82 Å². The molecule has 0 aliphatic heterocycles. The Hall–Kier alpha value is -3.68. The second-order valence-corrected chi connectivity index (χ2v) is 5.77. The van der Waals surface area contributed by atoms with Gasteiger partial charge in [0.2, 0.25) is 0 Å². The van der Waals surface area contributed by atoms with E-state index in [1.165, 1.54) is 25.6 Å². The molecule has 0 aliphatic rings. The zero-order valence-electron chi connectivity index (χ0n) is 15.4. The summed E-state index contributed by atoms with van der Waals surface area (Å²) in [6, 6.07) is 10.9. The van der Waals surface area contributed by atoms with Crippen molar-refractivity contribution in [2.45, 2.75) is 6.92 Å². The van der Waals surface area contributed by atoms with E-state index in [9.17, 15) is 9.18 Å². The van der Waals surface area contributed by atoms with Crippen LogP contribution >= 0.6 is 0 Å². The van der Waals surface area contributed by atoms with Crippen molar-refractivity contribution in [3.05, 3.63) is 60.2 Å². The zero-order chi connectivity index (χ0) is 20.1. The number of anilines is 2. The van der Waals surface area contributed by atoms with E-state index in [1.54, 1.807) is 30.3 Å². The minimum Gasteiger partial charge on any atom is -0.496 e. The van der Waals surface area contributed by atoms with E-state index in [0.29, 0.717) is 40.9 Å². The quantitative estimate of drug-likeness (QED) is 0.648. The number of primary amides is 1. The maximum Gasteiger partial charge on any atom is 0.252 e. The van der Waals surface area contributed by atoms with Crippen LogP contribution in [-0.4, -0.2) is 29.6 Å². The van der Waals surface area contributed by atoms with E-state index >= 15 is 0 Å². The van der Waals surface area contributed by atoms with Gasteiger partial charge in [0.25, 0.3) is 5.91 Å². The summed E-state index contributed by atoms with van der Waals surface area (Å²) in [5, 5.41) is 3.09. The van der Waals surface area contributed by atoms with Crippen molar-refractivity contribution >= 4 is 17.4 Å². The van der Waals surface area contributed by atoms with Crippen molar-refractivity contribution in [2.75, 3.05) is 19.0 Å². The first-order chi connectivity index (χ1) is 13.5. The van der Waals surface area contributed by atoms with Crippen LogP contribution in [0.25, 0.3) is 11.3 Å². The molecule has 3 aromatic rings. The molecule has 0 fully saturated rings. The molecule has 0 unspecified atom stereocenters. The molecule has 0 aliphatic carbocycles. The molecule has 0 saturated carbocycles. The van der Waals surface area contributed by atoms with Crippen molar-refractivity contribution in [1.82, 2.24) is 9.97 Å². The van der Waals surface area contributed by atoms with E-state index in [0.717, 1.165) is 0 Å². The highest BCUT2D eigenvalue weighted by Crippen LogP contribution is 2.31. The van der Waals surface area contributed by atoms with Gasteiger partial charge in [-0.15, -0.1) is 0 Å². The first-order valence-electron chi connectivity index (χ1n) is 8.51. The van der Waals surface area contributed by atoms with Crippen LogP contribution in [0.2, 0.25) is 0 Å². The van der Waals surface area contributed by atoms with E-state index in [1.807, 2.05) is 6.92 Å². The van der Waals surface area contributed by atoms with Gasteiger partial charge in [-0.05, 0) is 37.3 Å². The predicted octanol–water partition coefficient (Wildman–Crippen LogP) is 3.53. The molecule has 0 atom stereocenters. The molecule has 0 radical (unpaired) electrons. The van der Waals surface area contributed by atoms with Crippen LogP contribution in [0.3, 0.4) is 0 Å². The van der Waals surface area contributed by atoms with E-state index in [2.05, 4.69) is 15.3 Å². The minimum atomic E-state index is -0.600. The van der Waals surface area contributed by atoms with Gasteiger partial charge in [0.1, 0.15) is 29.5 Å². The van der Waals surface area contributed by atoms with Gasteiger partial charge < -0.3 is 20.5 Å².